The third-order valence-corrected chi connectivity index (χ3v) is 4.19. The number of benzene rings is 1. The lowest BCUT2D eigenvalue weighted by Gasteiger charge is -2.28. The number of amides is 2. The minimum Gasteiger partial charge on any atom is -0.504 e. The Kier molecular flexibility index (Phi) is 5.34. The van der Waals surface area contributed by atoms with Crippen molar-refractivity contribution in [1.29, 1.82) is 0 Å². The van der Waals surface area contributed by atoms with Crippen molar-refractivity contribution in [2.24, 2.45) is 0 Å². The molecule has 0 bridgehead atoms. The number of carbonyl (C=O) groups excluding carboxylic acids is 2. The average molecular weight is 432 g/mol. The van der Waals surface area contributed by atoms with Gasteiger partial charge in [-0.1, -0.05) is 0 Å². The van der Waals surface area contributed by atoms with Crippen molar-refractivity contribution in [3.05, 3.63) is 32.5 Å². The molecular formula is C15H17IN2O5. The predicted octanol–water partition coefficient (Wildman–Crippen LogP) is 2.20. The highest BCUT2D eigenvalue weighted by atomic mass is 127. The Balaban J connectivity index is 2.54. The maximum atomic E-state index is 12.3. The predicted molar refractivity (Wildman–Crippen MR) is 91.1 cm³/mol. The monoisotopic (exact) mass is 432 g/mol. The van der Waals surface area contributed by atoms with Gasteiger partial charge in [0, 0.05) is 5.70 Å². The summed E-state index contributed by atoms with van der Waals surface area (Å²) >= 11 is 1.96. The Labute approximate surface area is 147 Å². The number of urea groups is 1. The first-order chi connectivity index (χ1) is 10.9. The molecule has 1 aromatic carbocycles. The molecule has 1 aliphatic rings. The van der Waals surface area contributed by atoms with Gasteiger partial charge >= 0.3 is 12.0 Å². The van der Waals surface area contributed by atoms with E-state index in [1.807, 2.05) is 22.6 Å². The lowest BCUT2D eigenvalue weighted by Crippen LogP contribution is -2.45. The summed E-state index contributed by atoms with van der Waals surface area (Å²) < 4.78 is 10.8. The van der Waals surface area contributed by atoms with Crippen LogP contribution in [0.4, 0.5) is 4.79 Å². The number of rotatable bonds is 4. The molecule has 1 atom stereocenters. The van der Waals surface area contributed by atoms with Gasteiger partial charge in [-0.3, -0.25) is 0 Å². The van der Waals surface area contributed by atoms with E-state index < -0.39 is 18.0 Å². The van der Waals surface area contributed by atoms with E-state index in [0.29, 0.717) is 20.4 Å². The Morgan fingerprint density at radius 2 is 2.13 bits per heavy atom. The fourth-order valence-corrected chi connectivity index (χ4v) is 2.96. The van der Waals surface area contributed by atoms with E-state index in [9.17, 15) is 14.7 Å². The molecule has 1 unspecified atom stereocenters. The van der Waals surface area contributed by atoms with Crippen LogP contribution < -0.4 is 15.4 Å². The van der Waals surface area contributed by atoms with Gasteiger partial charge in [0.25, 0.3) is 0 Å². The third kappa shape index (κ3) is 3.52. The Morgan fingerprint density at radius 3 is 2.74 bits per heavy atom. The number of esters is 1. The van der Waals surface area contributed by atoms with Crippen molar-refractivity contribution in [1.82, 2.24) is 10.6 Å². The van der Waals surface area contributed by atoms with Crippen molar-refractivity contribution < 1.29 is 24.2 Å². The first kappa shape index (κ1) is 17.4. The number of hydrogen-bond acceptors (Lipinski definition) is 5. The molecule has 2 rings (SSSR count). The molecule has 1 heterocycles. The molecule has 0 aromatic heterocycles. The largest absolute Gasteiger partial charge is 0.504 e. The van der Waals surface area contributed by atoms with Crippen molar-refractivity contribution in [3.8, 4) is 11.5 Å². The minimum atomic E-state index is -0.689. The van der Waals surface area contributed by atoms with Gasteiger partial charge in [0.15, 0.2) is 11.5 Å². The average Bonchev–Trinajstić information content (AvgIpc) is 2.49. The lowest BCUT2D eigenvalue weighted by atomic mass is 9.95. The van der Waals surface area contributed by atoms with Crippen LogP contribution in [-0.2, 0) is 9.53 Å². The number of phenolic OH excluding ortho intramolecular Hbond substituents is 1. The summed E-state index contributed by atoms with van der Waals surface area (Å²) in [6, 6.07) is 2.16. The van der Waals surface area contributed by atoms with E-state index >= 15 is 0 Å². The number of nitrogens with one attached hydrogen (secondary N) is 2. The molecule has 1 aliphatic heterocycles. The quantitative estimate of drug-likeness (QED) is 0.501. The van der Waals surface area contributed by atoms with E-state index in [0.717, 1.165) is 0 Å². The smallest absolute Gasteiger partial charge is 0.338 e. The molecule has 0 radical (unpaired) electrons. The van der Waals surface area contributed by atoms with Gasteiger partial charge in [-0.15, -0.1) is 0 Å². The minimum absolute atomic E-state index is 0.00972. The van der Waals surface area contributed by atoms with Crippen LogP contribution in [0.1, 0.15) is 25.5 Å². The number of hydrogen-bond donors (Lipinski definition) is 3. The van der Waals surface area contributed by atoms with Crippen LogP contribution >= 0.6 is 22.6 Å². The molecule has 7 nitrogen and oxygen atoms in total. The first-order valence-corrected chi connectivity index (χ1v) is 7.98. The van der Waals surface area contributed by atoms with Gasteiger partial charge in [0.2, 0.25) is 0 Å². The zero-order valence-corrected chi connectivity index (χ0v) is 15.1. The Bertz CT molecular complexity index is 687. The molecule has 23 heavy (non-hydrogen) atoms. The van der Waals surface area contributed by atoms with Crippen molar-refractivity contribution in [3.63, 3.8) is 0 Å². The van der Waals surface area contributed by atoms with Crippen LogP contribution in [0.25, 0.3) is 0 Å². The number of carbonyl (C=O) groups is 2. The molecule has 0 saturated heterocycles. The van der Waals surface area contributed by atoms with E-state index in [1.165, 1.54) is 7.11 Å². The van der Waals surface area contributed by atoms with E-state index in [2.05, 4.69) is 10.6 Å². The number of allylic oxidation sites excluding steroid dienone is 1. The van der Waals surface area contributed by atoms with E-state index in [-0.39, 0.29) is 18.1 Å². The van der Waals surface area contributed by atoms with E-state index in [4.69, 9.17) is 9.47 Å². The fourth-order valence-electron chi connectivity index (χ4n) is 2.34. The zero-order valence-electron chi connectivity index (χ0n) is 12.9. The van der Waals surface area contributed by atoms with Gasteiger partial charge in [-0.25, -0.2) is 9.59 Å². The van der Waals surface area contributed by atoms with Crippen LogP contribution in [0.2, 0.25) is 0 Å². The molecule has 1 aromatic rings. The lowest BCUT2D eigenvalue weighted by molar-refractivity contribution is -0.139. The highest BCUT2D eigenvalue weighted by Crippen LogP contribution is 2.37. The number of aromatic hydroxyl groups is 1. The van der Waals surface area contributed by atoms with Crippen LogP contribution in [0.5, 0.6) is 11.5 Å². The van der Waals surface area contributed by atoms with Crippen LogP contribution in [0.15, 0.2) is 23.4 Å². The fraction of sp³-hybridized carbons (Fsp3) is 0.333. The summed E-state index contributed by atoms with van der Waals surface area (Å²) in [6.45, 7) is 3.58. The molecule has 3 N–H and O–H groups in total. The Morgan fingerprint density at radius 1 is 1.43 bits per heavy atom. The summed E-state index contributed by atoms with van der Waals surface area (Å²) in [5, 5.41) is 15.2. The van der Waals surface area contributed by atoms with Crippen LogP contribution in [0.3, 0.4) is 0 Å². The van der Waals surface area contributed by atoms with Crippen molar-refractivity contribution in [2.75, 3.05) is 13.7 Å². The SMILES string of the molecule is CCOC(=O)C1=C(C)NC(=O)NC1c1cc(I)c(O)c(OC)c1. The van der Waals surface area contributed by atoms with Crippen molar-refractivity contribution >= 4 is 34.6 Å². The first-order valence-electron chi connectivity index (χ1n) is 6.90. The van der Waals surface area contributed by atoms with Gasteiger partial charge in [0.1, 0.15) is 0 Å². The third-order valence-electron chi connectivity index (χ3n) is 3.37. The molecule has 124 valence electrons. The molecule has 2 amide bonds. The van der Waals surface area contributed by atoms with Gasteiger partial charge in [-0.2, -0.15) is 0 Å². The van der Waals surface area contributed by atoms with Crippen molar-refractivity contribution in [2.45, 2.75) is 19.9 Å². The second kappa shape index (κ2) is 7.07. The molecule has 8 heteroatoms. The summed E-state index contributed by atoms with van der Waals surface area (Å²) in [7, 11) is 1.43. The normalized spacial score (nSPS) is 17.4. The van der Waals surface area contributed by atoms with Crippen LogP contribution in [0, 0.1) is 3.57 Å². The molecule has 0 fully saturated rings. The second-order valence-electron chi connectivity index (χ2n) is 4.84. The number of phenols is 1. The number of halogens is 1. The molecular weight excluding hydrogens is 415 g/mol. The summed E-state index contributed by atoms with van der Waals surface area (Å²) in [5.41, 5.74) is 1.36. The molecule has 0 aliphatic carbocycles. The highest BCUT2D eigenvalue weighted by Gasteiger charge is 2.33. The van der Waals surface area contributed by atoms with Crippen LogP contribution in [-0.4, -0.2) is 30.8 Å². The topological polar surface area (TPSA) is 96.9 Å². The highest BCUT2D eigenvalue weighted by molar-refractivity contribution is 14.1. The van der Waals surface area contributed by atoms with E-state index in [1.54, 1.807) is 26.0 Å². The number of methoxy groups -OCH3 is 1. The maximum absolute atomic E-state index is 12.3. The number of ether oxygens (including phenoxy) is 2. The summed E-state index contributed by atoms with van der Waals surface area (Å²) in [6.07, 6.45) is 0. The molecule has 0 spiro atoms. The summed E-state index contributed by atoms with van der Waals surface area (Å²) in [5.74, 6) is -0.236. The van der Waals surface area contributed by atoms with Gasteiger partial charge in [-0.05, 0) is 54.1 Å². The molecule has 0 saturated carbocycles. The second-order valence-corrected chi connectivity index (χ2v) is 6.01. The standard InChI is InChI=1S/C15H17IN2O5/c1-4-23-14(20)11-7(2)17-15(21)18-12(11)8-5-9(16)13(19)10(6-8)22-3/h5-6,12,19H,4H2,1-3H3,(H2,17,18,21). The van der Waals surface area contributed by atoms with Gasteiger partial charge < -0.3 is 25.2 Å². The zero-order chi connectivity index (χ0) is 17.1. The maximum Gasteiger partial charge on any atom is 0.338 e. The summed E-state index contributed by atoms with van der Waals surface area (Å²) in [4.78, 5) is 24.0. The van der Waals surface area contributed by atoms with Gasteiger partial charge in [0.05, 0.1) is 28.9 Å². The Hall–Kier alpha value is -1.97.